The zero-order valence-electron chi connectivity index (χ0n) is 24.9. The summed E-state index contributed by atoms with van der Waals surface area (Å²) < 4.78 is 38.9. The summed E-state index contributed by atoms with van der Waals surface area (Å²) in [6, 6.07) is 10.1. The number of amides is 1. The van der Waals surface area contributed by atoms with Crippen LogP contribution in [0, 0.1) is 18.6 Å². The Kier molecular flexibility index (Phi) is 8.18. The molecule has 43 heavy (non-hydrogen) atoms. The molecular formula is C34H37F2N3O4. The first-order valence-electron chi connectivity index (χ1n) is 15.1. The van der Waals surface area contributed by atoms with Crippen molar-refractivity contribution in [2.24, 2.45) is 0 Å². The van der Waals surface area contributed by atoms with Gasteiger partial charge in [0.25, 0.3) is 5.91 Å². The van der Waals surface area contributed by atoms with E-state index in [2.05, 4.69) is 16.0 Å². The first-order chi connectivity index (χ1) is 20.8. The number of hydrogen-bond acceptors (Lipinski definition) is 6. The van der Waals surface area contributed by atoms with Crippen molar-refractivity contribution in [2.45, 2.75) is 64.5 Å². The van der Waals surface area contributed by atoms with Crippen molar-refractivity contribution in [3.8, 4) is 16.9 Å². The van der Waals surface area contributed by atoms with Gasteiger partial charge in [0.05, 0.1) is 36.2 Å². The van der Waals surface area contributed by atoms with Gasteiger partial charge in [-0.15, -0.1) is 0 Å². The van der Waals surface area contributed by atoms with Crippen LogP contribution in [0.5, 0.6) is 5.75 Å². The normalized spacial score (nSPS) is 17.6. The smallest absolute Gasteiger partial charge is 0.339 e. The Morgan fingerprint density at radius 3 is 2.47 bits per heavy atom. The number of benzene rings is 2. The van der Waals surface area contributed by atoms with Gasteiger partial charge in [0.15, 0.2) is 11.6 Å². The molecule has 0 atom stereocenters. The highest BCUT2D eigenvalue weighted by Crippen LogP contribution is 2.48. The number of carbonyl (C=O) groups excluding carboxylic acids is 2. The summed E-state index contributed by atoms with van der Waals surface area (Å²) in [6.45, 7) is 7.21. The predicted octanol–water partition coefficient (Wildman–Crippen LogP) is 6.06. The minimum atomic E-state index is -0.861. The molecule has 3 aliphatic rings. The number of ether oxygens (including phenoxy) is 2. The van der Waals surface area contributed by atoms with Gasteiger partial charge in [-0.1, -0.05) is 12.1 Å². The largest absolute Gasteiger partial charge is 0.493 e. The maximum atomic E-state index is 14.2. The van der Waals surface area contributed by atoms with E-state index in [1.807, 2.05) is 17.9 Å². The van der Waals surface area contributed by atoms with Crippen molar-refractivity contribution in [1.29, 1.82) is 0 Å². The Morgan fingerprint density at radius 2 is 1.79 bits per heavy atom. The number of pyridine rings is 1. The van der Waals surface area contributed by atoms with Crippen molar-refractivity contribution in [2.75, 3.05) is 33.4 Å². The number of aromatic nitrogens is 1. The van der Waals surface area contributed by atoms with E-state index in [0.717, 1.165) is 67.7 Å². The minimum Gasteiger partial charge on any atom is -0.493 e. The summed E-state index contributed by atoms with van der Waals surface area (Å²) in [5, 5.41) is 0. The topological polar surface area (TPSA) is 72.0 Å². The quantitative estimate of drug-likeness (QED) is 0.298. The fraction of sp³-hybridized carbons (Fsp3) is 0.441. The van der Waals surface area contributed by atoms with E-state index in [9.17, 15) is 18.4 Å². The number of methoxy groups -OCH3 is 1. The predicted molar refractivity (Wildman–Crippen MR) is 158 cm³/mol. The SMILES string of the molecule is CCOc1cc(CN2CCC(N3CCc4nc(C)c(C(=O)OC)cc4C3=O)CC2)cc(C2CC2)c1-c1ccc(F)c(F)c1. The van der Waals surface area contributed by atoms with Gasteiger partial charge in [-0.05, 0) is 86.4 Å². The number of carbonyl (C=O) groups is 2. The highest BCUT2D eigenvalue weighted by Gasteiger charge is 2.34. The van der Waals surface area contributed by atoms with E-state index in [-0.39, 0.29) is 11.9 Å². The van der Waals surface area contributed by atoms with E-state index in [1.54, 1.807) is 19.1 Å². The fourth-order valence-corrected chi connectivity index (χ4v) is 6.56. The van der Waals surface area contributed by atoms with E-state index < -0.39 is 17.6 Å². The lowest BCUT2D eigenvalue weighted by atomic mass is 9.92. The van der Waals surface area contributed by atoms with Gasteiger partial charge < -0.3 is 14.4 Å². The summed E-state index contributed by atoms with van der Waals surface area (Å²) in [5.74, 6) is -1.18. The Morgan fingerprint density at radius 1 is 1.02 bits per heavy atom. The third-order valence-corrected chi connectivity index (χ3v) is 8.90. The monoisotopic (exact) mass is 589 g/mol. The summed E-state index contributed by atoms with van der Waals surface area (Å²) in [4.78, 5) is 34.6. The van der Waals surface area contributed by atoms with Crippen LogP contribution in [0.25, 0.3) is 11.1 Å². The summed E-state index contributed by atoms with van der Waals surface area (Å²) in [6.07, 6.45) is 4.51. The molecular weight excluding hydrogens is 552 g/mol. The number of aryl methyl sites for hydroxylation is 1. The molecule has 9 heteroatoms. The molecule has 2 aromatic carbocycles. The molecule has 1 saturated heterocycles. The molecule has 226 valence electrons. The van der Waals surface area contributed by atoms with Crippen molar-refractivity contribution in [1.82, 2.24) is 14.8 Å². The van der Waals surface area contributed by atoms with Crippen LogP contribution >= 0.6 is 0 Å². The molecule has 3 aromatic rings. The van der Waals surface area contributed by atoms with Crippen molar-refractivity contribution >= 4 is 11.9 Å². The molecule has 1 aliphatic carbocycles. The van der Waals surface area contributed by atoms with Gasteiger partial charge in [-0.25, -0.2) is 13.6 Å². The second-order valence-corrected chi connectivity index (χ2v) is 11.8. The number of fused-ring (bicyclic) bond motifs is 1. The van der Waals surface area contributed by atoms with Crippen LogP contribution in [-0.4, -0.2) is 66.1 Å². The Bertz CT molecular complexity index is 1560. The number of hydrogen-bond donors (Lipinski definition) is 0. The molecule has 0 radical (unpaired) electrons. The third kappa shape index (κ3) is 5.87. The standard InChI is InChI=1S/C34H37F2N3O4/c1-4-43-31-16-21(15-26(22-5-6-22)32(31)23-7-8-28(35)29(36)17-23)19-38-12-9-24(10-13-38)39-14-11-30-27(33(39)40)18-25(20(2)37-30)34(41)42-3/h7-8,15-18,22,24H,4-6,9-14,19H2,1-3H3. The van der Waals surface area contributed by atoms with Gasteiger partial charge in [-0.3, -0.25) is 14.7 Å². The van der Waals surface area contributed by atoms with Crippen LogP contribution in [0.4, 0.5) is 8.78 Å². The highest BCUT2D eigenvalue weighted by atomic mass is 19.2. The Balaban J connectivity index is 1.17. The molecule has 0 bridgehead atoms. The van der Waals surface area contributed by atoms with Crippen LogP contribution in [-0.2, 0) is 17.7 Å². The molecule has 0 N–H and O–H groups in total. The highest BCUT2D eigenvalue weighted by molar-refractivity contribution is 6.00. The number of esters is 1. The molecule has 1 aromatic heterocycles. The molecule has 6 rings (SSSR count). The van der Waals surface area contributed by atoms with Crippen LogP contribution < -0.4 is 4.74 Å². The average molecular weight is 590 g/mol. The van der Waals surface area contributed by atoms with Gasteiger partial charge in [0, 0.05) is 44.2 Å². The number of halogens is 2. The third-order valence-electron chi connectivity index (χ3n) is 8.90. The molecule has 7 nitrogen and oxygen atoms in total. The van der Waals surface area contributed by atoms with Crippen LogP contribution in [0.3, 0.4) is 0 Å². The van der Waals surface area contributed by atoms with Gasteiger partial charge in [0.1, 0.15) is 5.75 Å². The first kappa shape index (κ1) is 29.2. The minimum absolute atomic E-state index is 0.0689. The zero-order valence-corrected chi connectivity index (χ0v) is 24.9. The summed E-state index contributed by atoms with van der Waals surface area (Å²) in [5.41, 5.74) is 5.91. The van der Waals surface area contributed by atoms with E-state index in [4.69, 9.17) is 9.47 Å². The molecule has 2 aliphatic heterocycles. The molecule has 1 saturated carbocycles. The Hall–Kier alpha value is -3.85. The van der Waals surface area contributed by atoms with Crippen molar-refractivity contribution in [3.63, 3.8) is 0 Å². The van der Waals surface area contributed by atoms with Gasteiger partial charge in [0.2, 0.25) is 0 Å². The van der Waals surface area contributed by atoms with Crippen LogP contribution in [0.2, 0.25) is 0 Å². The average Bonchev–Trinajstić information content (AvgIpc) is 3.85. The molecule has 2 fully saturated rings. The van der Waals surface area contributed by atoms with Gasteiger partial charge in [-0.2, -0.15) is 0 Å². The maximum Gasteiger partial charge on any atom is 0.339 e. The molecule has 0 spiro atoms. The lowest BCUT2D eigenvalue weighted by Gasteiger charge is -2.40. The first-order valence-corrected chi connectivity index (χ1v) is 15.1. The Labute approximate surface area is 250 Å². The van der Waals surface area contributed by atoms with Crippen LogP contribution in [0.1, 0.15) is 81.8 Å². The zero-order chi connectivity index (χ0) is 30.2. The van der Waals surface area contributed by atoms with Crippen molar-refractivity contribution in [3.05, 3.63) is 81.7 Å². The van der Waals surface area contributed by atoms with Gasteiger partial charge >= 0.3 is 5.97 Å². The second-order valence-electron chi connectivity index (χ2n) is 11.8. The maximum absolute atomic E-state index is 14.2. The lowest BCUT2D eigenvalue weighted by Crippen LogP contribution is -2.50. The summed E-state index contributed by atoms with van der Waals surface area (Å²) >= 11 is 0. The molecule has 1 amide bonds. The van der Waals surface area contributed by atoms with Crippen molar-refractivity contribution < 1.29 is 27.8 Å². The molecule has 0 unspecified atom stereocenters. The number of nitrogens with zero attached hydrogens (tertiary/aromatic N) is 3. The van der Waals surface area contributed by atoms with E-state index in [0.29, 0.717) is 53.6 Å². The number of rotatable bonds is 8. The fourth-order valence-electron chi connectivity index (χ4n) is 6.56. The van der Waals surface area contributed by atoms with E-state index >= 15 is 0 Å². The number of piperidine rings is 1. The number of likely N-dealkylation sites (tertiary alicyclic amines) is 1. The summed E-state index contributed by atoms with van der Waals surface area (Å²) in [7, 11) is 1.33. The molecule has 3 heterocycles. The second kappa shape index (κ2) is 12.0. The van der Waals surface area contributed by atoms with E-state index in [1.165, 1.54) is 19.2 Å². The lowest BCUT2D eigenvalue weighted by molar-refractivity contribution is 0.0543. The van der Waals surface area contributed by atoms with Crippen LogP contribution in [0.15, 0.2) is 36.4 Å².